The third-order valence-corrected chi connectivity index (χ3v) is 2.69. The first-order valence-electron chi connectivity index (χ1n) is 6.08. The Morgan fingerprint density at radius 1 is 1.39 bits per heavy atom. The Labute approximate surface area is 107 Å². The molecule has 94 valence electrons. The van der Waals surface area contributed by atoms with Crippen LogP contribution in [0.25, 0.3) is 0 Å². The van der Waals surface area contributed by atoms with Gasteiger partial charge in [-0.2, -0.15) is 5.10 Å². The van der Waals surface area contributed by atoms with Gasteiger partial charge in [0, 0.05) is 31.0 Å². The molecule has 1 aromatic heterocycles. The monoisotopic (exact) mass is 243 g/mol. The van der Waals surface area contributed by atoms with Crippen molar-refractivity contribution in [2.75, 3.05) is 6.54 Å². The van der Waals surface area contributed by atoms with Gasteiger partial charge in [-0.05, 0) is 31.5 Å². The second kappa shape index (κ2) is 6.00. The Hall–Kier alpha value is -2.10. The molecule has 1 heterocycles. The molecule has 4 nitrogen and oxygen atoms in total. The summed E-state index contributed by atoms with van der Waals surface area (Å²) in [6, 6.07) is 9.49. The Bertz CT molecular complexity index is 506. The molecule has 0 atom stereocenters. The van der Waals surface area contributed by atoms with E-state index in [-0.39, 0.29) is 5.91 Å². The zero-order valence-corrected chi connectivity index (χ0v) is 10.5. The zero-order valence-electron chi connectivity index (χ0n) is 10.5. The lowest BCUT2D eigenvalue weighted by Crippen LogP contribution is -2.25. The molecule has 1 aromatic carbocycles. The van der Waals surface area contributed by atoms with Crippen molar-refractivity contribution in [1.82, 2.24) is 15.1 Å². The quantitative estimate of drug-likeness (QED) is 0.817. The number of carbonyl (C=O) groups is 1. The lowest BCUT2D eigenvalue weighted by atomic mass is 10.1. The van der Waals surface area contributed by atoms with Crippen molar-refractivity contribution < 1.29 is 4.79 Å². The molecule has 2 rings (SSSR count). The van der Waals surface area contributed by atoms with E-state index in [1.54, 1.807) is 6.20 Å². The van der Waals surface area contributed by atoms with Gasteiger partial charge in [0.1, 0.15) is 0 Å². The number of hydrogen-bond donors (Lipinski definition) is 1. The van der Waals surface area contributed by atoms with Crippen molar-refractivity contribution in [2.45, 2.75) is 19.9 Å². The summed E-state index contributed by atoms with van der Waals surface area (Å²) in [6.07, 6.45) is 4.55. The molecule has 2 aromatic rings. The summed E-state index contributed by atoms with van der Waals surface area (Å²) in [4.78, 5) is 11.8. The normalized spacial score (nSPS) is 10.3. The predicted molar refractivity (Wildman–Crippen MR) is 70.4 cm³/mol. The second-order valence-electron chi connectivity index (χ2n) is 4.25. The van der Waals surface area contributed by atoms with Crippen LogP contribution in [0.2, 0.25) is 0 Å². The van der Waals surface area contributed by atoms with E-state index in [0.29, 0.717) is 12.1 Å². The van der Waals surface area contributed by atoms with Crippen molar-refractivity contribution in [3.8, 4) is 0 Å². The van der Waals surface area contributed by atoms with Crippen LogP contribution in [0.1, 0.15) is 22.3 Å². The third-order valence-electron chi connectivity index (χ3n) is 2.69. The average molecular weight is 243 g/mol. The minimum Gasteiger partial charge on any atom is -0.352 e. The van der Waals surface area contributed by atoms with Crippen LogP contribution in [0.3, 0.4) is 0 Å². The van der Waals surface area contributed by atoms with Gasteiger partial charge in [0.05, 0.1) is 0 Å². The predicted octanol–water partition coefficient (Wildman–Crippen LogP) is 2.01. The van der Waals surface area contributed by atoms with Gasteiger partial charge in [-0.15, -0.1) is 0 Å². The Kier molecular flexibility index (Phi) is 4.12. The number of rotatable bonds is 5. The van der Waals surface area contributed by atoms with Gasteiger partial charge in [0.25, 0.3) is 5.91 Å². The molecule has 18 heavy (non-hydrogen) atoms. The first-order valence-corrected chi connectivity index (χ1v) is 6.08. The fourth-order valence-electron chi connectivity index (χ4n) is 1.76. The average Bonchev–Trinajstić information content (AvgIpc) is 2.87. The van der Waals surface area contributed by atoms with Gasteiger partial charge in [-0.25, -0.2) is 0 Å². The summed E-state index contributed by atoms with van der Waals surface area (Å²) in [5.41, 5.74) is 1.81. The summed E-state index contributed by atoms with van der Waals surface area (Å²) in [5, 5.41) is 7.02. The van der Waals surface area contributed by atoms with Gasteiger partial charge in [0.15, 0.2) is 0 Å². The van der Waals surface area contributed by atoms with Crippen LogP contribution >= 0.6 is 0 Å². The van der Waals surface area contributed by atoms with E-state index in [1.807, 2.05) is 48.1 Å². The maximum Gasteiger partial charge on any atom is 0.251 e. The lowest BCUT2D eigenvalue weighted by Gasteiger charge is -2.06. The molecule has 4 heteroatoms. The molecular weight excluding hydrogens is 226 g/mol. The Balaban J connectivity index is 1.75. The number of amides is 1. The van der Waals surface area contributed by atoms with E-state index in [2.05, 4.69) is 10.4 Å². The highest BCUT2D eigenvalue weighted by molar-refractivity contribution is 5.94. The van der Waals surface area contributed by atoms with Crippen molar-refractivity contribution >= 4 is 5.91 Å². The van der Waals surface area contributed by atoms with Crippen LogP contribution < -0.4 is 5.32 Å². The summed E-state index contributed by atoms with van der Waals surface area (Å²) in [6.45, 7) is 3.46. The molecule has 0 bridgehead atoms. The van der Waals surface area contributed by atoms with Crippen LogP contribution in [-0.4, -0.2) is 22.2 Å². The number of carbonyl (C=O) groups excluding carboxylic acids is 1. The molecule has 1 N–H and O–H groups in total. The van der Waals surface area contributed by atoms with Crippen LogP contribution in [0.15, 0.2) is 42.7 Å². The van der Waals surface area contributed by atoms with Gasteiger partial charge in [0.2, 0.25) is 0 Å². The second-order valence-corrected chi connectivity index (χ2v) is 4.25. The molecular formula is C14H17N3O. The van der Waals surface area contributed by atoms with E-state index in [0.717, 1.165) is 18.5 Å². The van der Waals surface area contributed by atoms with Gasteiger partial charge in [-0.1, -0.05) is 17.7 Å². The fraction of sp³-hybridized carbons (Fsp3) is 0.286. The number of hydrogen-bond acceptors (Lipinski definition) is 2. The van der Waals surface area contributed by atoms with Crippen molar-refractivity contribution in [3.63, 3.8) is 0 Å². The van der Waals surface area contributed by atoms with E-state index < -0.39 is 0 Å². The van der Waals surface area contributed by atoms with Gasteiger partial charge >= 0.3 is 0 Å². The highest BCUT2D eigenvalue weighted by Gasteiger charge is 2.03. The Morgan fingerprint density at radius 2 is 2.28 bits per heavy atom. The minimum atomic E-state index is -0.0147. The molecule has 0 saturated carbocycles. The maximum absolute atomic E-state index is 11.8. The number of benzene rings is 1. The number of nitrogens with one attached hydrogen (secondary N) is 1. The van der Waals surface area contributed by atoms with E-state index in [1.165, 1.54) is 0 Å². The standard InChI is InChI=1S/C14H17N3O/c1-12-5-2-6-13(11-12)14(18)15-7-3-9-17-10-4-8-16-17/h2,4-6,8,10-11H,3,7,9H2,1H3,(H,15,18). The van der Waals surface area contributed by atoms with Gasteiger partial charge in [-0.3, -0.25) is 9.48 Å². The molecule has 0 radical (unpaired) electrons. The molecule has 0 saturated heterocycles. The lowest BCUT2D eigenvalue weighted by molar-refractivity contribution is 0.0952. The molecule has 0 aliphatic rings. The topological polar surface area (TPSA) is 46.9 Å². The summed E-state index contributed by atoms with van der Waals surface area (Å²) in [5.74, 6) is -0.0147. The Morgan fingerprint density at radius 3 is 3.00 bits per heavy atom. The van der Waals surface area contributed by atoms with Crippen LogP contribution in [0.5, 0.6) is 0 Å². The fourth-order valence-corrected chi connectivity index (χ4v) is 1.76. The highest BCUT2D eigenvalue weighted by Crippen LogP contribution is 2.03. The number of aromatic nitrogens is 2. The first kappa shape index (κ1) is 12.4. The van der Waals surface area contributed by atoms with Crippen molar-refractivity contribution in [2.24, 2.45) is 0 Å². The van der Waals surface area contributed by atoms with Crippen LogP contribution in [0, 0.1) is 6.92 Å². The molecule has 1 amide bonds. The van der Waals surface area contributed by atoms with Crippen LogP contribution in [-0.2, 0) is 6.54 Å². The number of nitrogens with zero attached hydrogens (tertiary/aromatic N) is 2. The van der Waals surface area contributed by atoms with Crippen molar-refractivity contribution in [3.05, 3.63) is 53.9 Å². The largest absolute Gasteiger partial charge is 0.352 e. The highest BCUT2D eigenvalue weighted by atomic mass is 16.1. The SMILES string of the molecule is Cc1cccc(C(=O)NCCCn2cccn2)c1. The summed E-state index contributed by atoms with van der Waals surface area (Å²) in [7, 11) is 0. The first-order chi connectivity index (χ1) is 8.75. The molecule has 0 fully saturated rings. The van der Waals surface area contributed by atoms with E-state index >= 15 is 0 Å². The third kappa shape index (κ3) is 3.45. The summed E-state index contributed by atoms with van der Waals surface area (Å²) < 4.78 is 1.86. The zero-order chi connectivity index (χ0) is 12.8. The van der Waals surface area contributed by atoms with E-state index in [9.17, 15) is 4.79 Å². The maximum atomic E-state index is 11.8. The van der Waals surface area contributed by atoms with E-state index in [4.69, 9.17) is 0 Å². The summed E-state index contributed by atoms with van der Waals surface area (Å²) >= 11 is 0. The molecule has 0 aliphatic heterocycles. The number of aryl methyl sites for hydroxylation is 2. The van der Waals surface area contributed by atoms with Gasteiger partial charge < -0.3 is 5.32 Å². The molecule has 0 aliphatic carbocycles. The smallest absolute Gasteiger partial charge is 0.251 e. The molecule has 0 spiro atoms. The minimum absolute atomic E-state index is 0.0147. The van der Waals surface area contributed by atoms with Crippen molar-refractivity contribution in [1.29, 1.82) is 0 Å². The molecule has 0 unspecified atom stereocenters. The van der Waals surface area contributed by atoms with Crippen LogP contribution in [0.4, 0.5) is 0 Å².